The molecule has 0 bridgehead atoms. The van der Waals surface area contributed by atoms with Gasteiger partial charge in [0.1, 0.15) is 17.4 Å². The lowest BCUT2D eigenvalue weighted by Crippen LogP contribution is -2.07. The molecule has 0 saturated heterocycles. The third kappa shape index (κ3) is 2.42. The van der Waals surface area contributed by atoms with Crippen molar-refractivity contribution in [3.63, 3.8) is 0 Å². The molecule has 78 valence electrons. The van der Waals surface area contributed by atoms with E-state index in [4.69, 9.17) is 10.00 Å². The third-order valence-electron chi connectivity index (χ3n) is 1.71. The number of esters is 1. The molecule has 0 fully saturated rings. The molecule has 0 spiro atoms. The Bertz CT molecular complexity index is 437. The number of hydrogen-bond donors (Lipinski definition) is 2. The number of phenols is 1. The van der Waals surface area contributed by atoms with E-state index >= 15 is 0 Å². The Kier molecular flexibility index (Phi) is 3.58. The maximum Gasteiger partial charge on any atom is 0.339 e. The topological polar surface area (TPSA) is 70.3 Å². The molecule has 4 nitrogen and oxygen atoms in total. The number of nitriles is 1. The molecule has 1 rings (SSSR count). The van der Waals surface area contributed by atoms with Crippen LogP contribution in [0.4, 0.5) is 0 Å². The van der Waals surface area contributed by atoms with Crippen molar-refractivity contribution in [2.24, 2.45) is 0 Å². The smallest absolute Gasteiger partial charge is 0.339 e. The normalized spacial score (nSPS) is 9.40. The molecule has 1 aromatic rings. The Morgan fingerprint density at radius 3 is 2.87 bits per heavy atom. The molecule has 5 heteroatoms. The van der Waals surface area contributed by atoms with E-state index in [9.17, 15) is 9.90 Å². The van der Waals surface area contributed by atoms with Crippen LogP contribution >= 0.6 is 12.6 Å². The summed E-state index contributed by atoms with van der Waals surface area (Å²) in [5, 5.41) is 18.2. The van der Waals surface area contributed by atoms with Gasteiger partial charge in [-0.15, -0.1) is 12.6 Å². The summed E-state index contributed by atoms with van der Waals surface area (Å²) in [4.78, 5) is 11.8. The molecule has 0 radical (unpaired) electrons. The molecular formula is C10H9NO3S. The van der Waals surface area contributed by atoms with E-state index in [1.54, 1.807) is 13.0 Å². The van der Waals surface area contributed by atoms with Crippen molar-refractivity contribution in [2.75, 3.05) is 6.61 Å². The molecule has 0 aliphatic rings. The predicted molar refractivity (Wildman–Crippen MR) is 56.0 cm³/mol. The summed E-state index contributed by atoms with van der Waals surface area (Å²) >= 11 is 4.00. The SMILES string of the molecule is CCOC(=O)c1cc(S)cc(O)c1C#N. The first-order chi connectivity index (χ1) is 7.10. The molecule has 0 saturated carbocycles. The van der Waals surface area contributed by atoms with Gasteiger partial charge in [0.15, 0.2) is 0 Å². The maximum absolute atomic E-state index is 11.4. The van der Waals surface area contributed by atoms with Crippen molar-refractivity contribution in [2.45, 2.75) is 11.8 Å². The lowest BCUT2D eigenvalue weighted by Gasteiger charge is -2.06. The van der Waals surface area contributed by atoms with Crippen LogP contribution in [0.3, 0.4) is 0 Å². The van der Waals surface area contributed by atoms with Gasteiger partial charge in [-0.2, -0.15) is 5.26 Å². The molecule has 1 N–H and O–H groups in total. The van der Waals surface area contributed by atoms with Gasteiger partial charge in [-0.3, -0.25) is 0 Å². The van der Waals surface area contributed by atoms with E-state index in [1.165, 1.54) is 12.1 Å². The number of ether oxygens (including phenoxy) is 1. The molecule has 0 heterocycles. The van der Waals surface area contributed by atoms with Gasteiger partial charge in [-0.1, -0.05) is 0 Å². The Morgan fingerprint density at radius 2 is 2.33 bits per heavy atom. The zero-order valence-electron chi connectivity index (χ0n) is 8.02. The standard InChI is InChI=1S/C10H9NO3S/c1-2-14-10(13)7-3-6(15)4-9(12)8(7)5-11/h3-4,12,15H,2H2,1H3. The molecule has 1 aromatic carbocycles. The van der Waals surface area contributed by atoms with Gasteiger partial charge in [0.05, 0.1) is 12.2 Å². The lowest BCUT2D eigenvalue weighted by atomic mass is 10.1. The lowest BCUT2D eigenvalue weighted by molar-refractivity contribution is 0.0525. The van der Waals surface area contributed by atoms with Crippen molar-refractivity contribution in [1.29, 1.82) is 5.26 Å². The second-order valence-electron chi connectivity index (χ2n) is 2.72. The summed E-state index contributed by atoms with van der Waals surface area (Å²) in [6, 6.07) is 4.43. The summed E-state index contributed by atoms with van der Waals surface area (Å²) in [5.74, 6) is -0.909. The highest BCUT2D eigenvalue weighted by Crippen LogP contribution is 2.25. The van der Waals surface area contributed by atoms with Crippen LogP contribution in [0.15, 0.2) is 17.0 Å². The predicted octanol–water partition coefficient (Wildman–Crippen LogP) is 1.73. The second kappa shape index (κ2) is 4.71. The zero-order chi connectivity index (χ0) is 11.4. The molecule has 0 aliphatic carbocycles. The number of hydrogen-bond acceptors (Lipinski definition) is 5. The molecular weight excluding hydrogens is 214 g/mol. The van der Waals surface area contributed by atoms with Gasteiger partial charge in [0, 0.05) is 4.90 Å². The minimum atomic E-state index is -0.639. The molecule has 0 aliphatic heterocycles. The van der Waals surface area contributed by atoms with Gasteiger partial charge >= 0.3 is 5.97 Å². The van der Waals surface area contributed by atoms with Crippen LogP contribution in [-0.2, 0) is 4.74 Å². The van der Waals surface area contributed by atoms with Crippen LogP contribution in [0.2, 0.25) is 0 Å². The number of carbonyl (C=O) groups is 1. The first-order valence-corrected chi connectivity index (χ1v) is 4.68. The Morgan fingerprint density at radius 1 is 1.67 bits per heavy atom. The number of rotatable bonds is 2. The fourth-order valence-electron chi connectivity index (χ4n) is 1.10. The summed E-state index contributed by atoms with van der Waals surface area (Å²) in [7, 11) is 0. The first kappa shape index (κ1) is 11.4. The average Bonchev–Trinajstić information content (AvgIpc) is 2.17. The monoisotopic (exact) mass is 223 g/mol. The molecule has 0 aromatic heterocycles. The summed E-state index contributed by atoms with van der Waals surface area (Å²) < 4.78 is 4.75. The van der Waals surface area contributed by atoms with Crippen LogP contribution in [0.25, 0.3) is 0 Å². The second-order valence-corrected chi connectivity index (χ2v) is 3.24. The fourth-order valence-corrected chi connectivity index (χ4v) is 1.35. The average molecular weight is 223 g/mol. The van der Waals surface area contributed by atoms with E-state index in [1.807, 2.05) is 0 Å². The molecule has 15 heavy (non-hydrogen) atoms. The zero-order valence-corrected chi connectivity index (χ0v) is 8.91. The fraction of sp³-hybridized carbons (Fsp3) is 0.200. The number of benzene rings is 1. The minimum Gasteiger partial charge on any atom is -0.506 e. The van der Waals surface area contributed by atoms with Gasteiger partial charge < -0.3 is 9.84 Å². The molecule has 0 atom stereocenters. The van der Waals surface area contributed by atoms with Crippen LogP contribution in [0.1, 0.15) is 22.8 Å². The Hall–Kier alpha value is -1.67. The van der Waals surface area contributed by atoms with Crippen molar-refractivity contribution in [3.05, 3.63) is 23.3 Å². The number of thiol groups is 1. The van der Waals surface area contributed by atoms with E-state index in [2.05, 4.69) is 12.6 Å². The van der Waals surface area contributed by atoms with Crippen LogP contribution in [0.5, 0.6) is 5.75 Å². The van der Waals surface area contributed by atoms with Gasteiger partial charge in [-0.05, 0) is 19.1 Å². The van der Waals surface area contributed by atoms with Gasteiger partial charge in [-0.25, -0.2) is 4.79 Å². The van der Waals surface area contributed by atoms with Crippen LogP contribution < -0.4 is 0 Å². The number of nitrogens with zero attached hydrogens (tertiary/aromatic N) is 1. The van der Waals surface area contributed by atoms with Crippen LogP contribution in [-0.4, -0.2) is 17.7 Å². The van der Waals surface area contributed by atoms with Gasteiger partial charge in [0.25, 0.3) is 0 Å². The number of aromatic hydroxyl groups is 1. The van der Waals surface area contributed by atoms with Crippen LogP contribution in [0, 0.1) is 11.3 Å². The highest BCUT2D eigenvalue weighted by atomic mass is 32.1. The molecule has 0 unspecified atom stereocenters. The Labute approximate surface area is 92.5 Å². The summed E-state index contributed by atoms with van der Waals surface area (Å²) in [5.41, 5.74) is -0.0596. The van der Waals surface area contributed by atoms with Crippen molar-refractivity contribution in [3.8, 4) is 11.8 Å². The quantitative estimate of drug-likeness (QED) is 0.591. The van der Waals surface area contributed by atoms with E-state index in [-0.39, 0.29) is 23.5 Å². The van der Waals surface area contributed by atoms with E-state index in [0.29, 0.717) is 4.90 Å². The molecule has 0 amide bonds. The largest absolute Gasteiger partial charge is 0.506 e. The van der Waals surface area contributed by atoms with Crippen molar-refractivity contribution >= 4 is 18.6 Å². The van der Waals surface area contributed by atoms with E-state index < -0.39 is 5.97 Å². The number of carbonyl (C=O) groups excluding carboxylic acids is 1. The minimum absolute atomic E-state index is 0.0318. The van der Waals surface area contributed by atoms with Gasteiger partial charge in [0.2, 0.25) is 0 Å². The Balaban J connectivity index is 3.28. The van der Waals surface area contributed by atoms with Crippen molar-refractivity contribution in [1.82, 2.24) is 0 Å². The highest BCUT2D eigenvalue weighted by molar-refractivity contribution is 7.80. The first-order valence-electron chi connectivity index (χ1n) is 4.23. The third-order valence-corrected chi connectivity index (χ3v) is 1.97. The van der Waals surface area contributed by atoms with Crippen molar-refractivity contribution < 1.29 is 14.6 Å². The van der Waals surface area contributed by atoms with E-state index in [0.717, 1.165) is 0 Å². The highest BCUT2D eigenvalue weighted by Gasteiger charge is 2.16. The number of phenolic OH excluding ortho intramolecular Hbond substituents is 1. The summed E-state index contributed by atoms with van der Waals surface area (Å²) in [6.45, 7) is 1.87. The summed E-state index contributed by atoms with van der Waals surface area (Å²) in [6.07, 6.45) is 0. The maximum atomic E-state index is 11.4.